The van der Waals surface area contributed by atoms with Gasteiger partial charge in [-0.05, 0) is 25.0 Å². The summed E-state index contributed by atoms with van der Waals surface area (Å²) in [6.07, 6.45) is 2.16. The van der Waals surface area contributed by atoms with E-state index in [1.807, 2.05) is 4.90 Å². The molecule has 158 valence electrons. The number of morpholine rings is 1. The van der Waals surface area contributed by atoms with Crippen LogP contribution in [0.4, 0.5) is 23.5 Å². The maximum atomic E-state index is 12.4. The molecule has 0 aliphatic carbocycles. The highest BCUT2D eigenvalue weighted by atomic mass is 16.6. The molecule has 0 spiro atoms. The Hall–Kier alpha value is -3.54. The van der Waals surface area contributed by atoms with Gasteiger partial charge < -0.3 is 14.5 Å². The van der Waals surface area contributed by atoms with Crippen LogP contribution < -0.4 is 20.7 Å². The number of nitro benzene ring substituents is 1. The van der Waals surface area contributed by atoms with Crippen LogP contribution in [-0.4, -0.2) is 65.2 Å². The quantitative estimate of drug-likeness (QED) is 0.519. The molecule has 2 saturated heterocycles. The third kappa shape index (κ3) is 4.54. The fraction of sp³-hybridized carbons (Fsp3) is 0.444. The Bertz CT molecular complexity index is 911. The number of hydrogen-bond donors (Lipinski definition) is 2. The zero-order valence-electron chi connectivity index (χ0n) is 16.3. The lowest BCUT2D eigenvalue weighted by Gasteiger charge is -2.28. The van der Waals surface area contributed by atoms with E-state index in [0.29, 0.717) is 38.2 Å². The SMILES string of the molecule is O=C(NNc1nc(N2CCCC2)nc(N2CCOCC2)n1)c1ccc([N+](=O)[O-])cc1. The number of benzene rings is 1. The standard InChI is InChI=1S/C18H22N8O4/c27-15(13-3-5-14(6-4-13)26(28)29)22-23-16-19-17(24-7-1-2-8-24)21-18(20-16)25-9-11-30-12-10-25/h3-6H,1-2,7-12H2,(H,22,27)(H,19,20,21,23). The smallest absolute Gasteiger partial charge is 0.269 e. The van der Waals surface area contributed by atoms with E-state index < -0.39 is 10.8 Å². The Kier molecular flexibility index (Phi) is 5.84. The van der Waals surface area contributed by atoms with Crippen molar-refractivity contribution in [3.8, 4) is 0 Å². The van der Waals surface area contributed by atoms with Crippen molar-refractivity contribution in [2.24, 2.45) is 0 Å². The molecule has 1 amide bonds. The predicted octanol–water partition coefficient (Wildman–Crippen LogP) is 0.974. The summed E-state index contributed by atoms with van der Waals surface area (Å²) in [6, 6.07) is 5.33. The van der Waals surface area contributed by atoms with Gasteiger partial charge in [0.2, 0.25) is 17.8 Å². The van der Waals surface area contributed by atoms with E-state index >= 15 is 0 Å². The number of amides is 1. The average molecular weight is 414 g/mol. The van der Waals surface area contributed by atoms with Crippen molar-refractivity contribution in [1.82, 2.24) is 20.4 Å². The first kappa shape index (κ1) is 19.8. The molecule has 4 rings (SSSR count). The Morgan fingerprint density at radius 3 is 2.17 bits per heavy atom. The molecule has 0 saturated carbocycles. The van der Waals surface area contributed by atoms with Gasteiger partial charge in [0.1, 0.15) is 0 Å². The van der Waals surface area contributed by atoms with Crippen molar-refractivity contribution in [2.75, 3.05) is 54.6 Å². The van der Waals surface area contributed by atoms with Crippen LogP contribution in [0, 0.1) is 10.1 Å². The van der Waals surface area contributed by atoms with Gasteiger partial charge in [-0.1, -0.05) is 0 Å². The first-order valence-electron chi connectivity index (χ1n) is 9.75. The Labute approximate surface area is 172 Å². The molecule has 30 heavy (non-hydrogen) atoms. The van der Waals surface area contributed by atoms with Crippen molar-refractivity contribution < 1.29 is 14.5 Å². The van der Waals surface area contributed by atoms with Gasteiger partial charge in [0.05, 0.1) is 18.1 Å². The Morgan fingerprint density at radius 1 is 0.967 bits per heavy atom. The first-order valence-corrected chi connectivity index (χ1v) is 9.75. The number of aromatic nitrogens is 3. The molecule has 12 heteroatoms. The molecular formula is C18H22N8O4. The summed E-state index contributed by atoms with van der Waals surface area (Å²) in [7, 11) is 0. The second kappa shape index (κ2) is 8.86. The molecule has 1 aromatic carbocycles. The molecule has 0 bridgehead atoms. The van der Waals surface area contributed by atoms with Gasteiger partial charge in [0.25, 0.3) is 11.6 Å². The highest BCUT2D eigenvalue weighted by molar-refractivity contribution is 5.94. The average Bonchev–Trinajstić information content (AvgIpc) is 3.33. The molecule has 3 heterocycles. The number of carbonyl (C=O) groups excluding carboxylic acids is 1. The van der Waals surface area contributed by atoms with Gasteiger partial charge in [-0.15, -0.1) is 0 Å². The molecule has 2 fully saturated rings. The second-order valence-electron chi connectivity index (χ2n) is 6.94. The van der Waals surface area contributed by atoms with E-state index in [1.54, 1.807) is 0 Å². The highest BCUT2D eigenvalue weighted by Crippen LogP contribution is 2.21. The van der Waals surface area contributed by atoms with Gasteiger partial charge in [-0.2, -0.15) is 15.0 Å². The van der Waals surface area contributed by atoms with Crippen molar-refractivity contribution in [2.45, 2.75) is 12.8 Å². The fourth-order valence-corrected chi connectivity index (χ4v) is 3.29. The topological polar surface area (TPSA) is 139 Å². The van der Waals surface area contributed by atoms with Crippen LogP contribution in [0.25, 0.3) is 0 Å². The second-order valence-corrected chi connectivity index (χ2v) is 6.94. The zero-order valence-corrected chi connectivity index (χ0v) is 16.3. The van der Waals surface area contributed by atoms with Crippen molar-refractivity contribution in [3.05, 3.63) is 39.9 Å². The lowest BCUT2D eigenvalue weighted by atomic mass is 10.2. The molecule has 12 nitrogen and oxygen atoms in total. The Morgan fingerprint density at radius 2 is 1.57 bits per heavy atom. The maximum Gasteiger partial charge on any atom is 0.269 e. The van der Waals surface area contributed by atoms with Crippen molar-refractivity contribution in [3.63, 3.8) is 0 Å². The number of non-ortho nitro benzene ring substituents is 1. The third-order valence-electron chi connectivity index (χ3n) is 4.92. The number of ether oxygens (including phenoxy) is 1. The van der Waals surface area contributed by atoms with Gasteiger partial charge in [-0.3, -0.25) is 25.8 Å². The number of carbonyl (C=O) groups is 1. The number of nitrogens with zero attached hydrogens (tertiary/aromatic N) is 6. The van der Waals surface area contributed by atoms with Crippen LogP contribution in [-0.2, 0) is 4.74 Å². The minimum Gasteiger partial charge on any atom is -0.378 e. The number of hydrogen-bond acceptors (Lipinski definition) is 10. The van der Waals surface area contributed by atoms with E-state index in [-0.39, 0.29) is 17.2 Å². The summed E-state index contributed by atoms with van der Waals surface area (Å²) in [4.78, 5) is 40.2. The summed E-state index contributed by atoms with van der Waals surface area (Å²) in [5, 5.41) is 10.8. The lowest BCUT2D eigenvalue weighted by molar-refractivity contribution is -0.384. The zero-order chi connectivity index (χ0) is 20.9. The summed E-state index contributed by atoms with van der Waals surface area (Å²) in [6.45, 7) is 4.31. The summed E-state index contributed by atoms with van der Waals surface area (Å²) in [5.74, 6) is 0.864. The summed E-state index contributed by atoms with van der Waals surface area (Å²) in [5.41, 5.74) is 5.47. The molecule has 0 atom stereocenters. The molecular weight excluding hydrogens is 392 g/mol. The van der Waals surface area contributed by atoms with E-state index in [0.717, 1.165) is 25.9 Å². The molecule has 0 unspecified atom stereocenters. The molecule has 0 radical (unpaired) electrons. The van der Waals surface area contributed by atoms with Gasteiger partial charge >= 0.3 is 0 Å². The molecule has 2 N–H and O–H groups in total. The van der Waals surface area contributed by atoms with Crippen LogP contribution in [0.3, 0.4) is 0 Å². The van der Waals surface area contributed by atoms with Crippen molar-refractivity contribution >= 4 is 29.4 Å². The van der Waals surface area contributed by atoms with E-state index in [2.05, 4.69) is 30.7 Å². The summed E-state index contributed by atoms with van der Waals surface area (Å²) >= 11 is 0. The lowest BCUT2D eigenvalue weighted by Crippen LogP contribution is -2.38. The minimum absolute atomic E-state index is 0.0811. The highest BCUT2D eigenvalue weighted by Gasteiger charge is 2.21. The number of anilines is 3. The van der Waals surface area contributed by atoms with E-state index in [1.165, 1.54) is 24.3 Å². The fourth-order valence-electron chi connectivity index (χ4n) is 3.29. The van der Waals surface area contributed by atoms with Crippen LogP contribution in [0.1, 0.15) is 23.2 Å². The normalized spacial score (nSPS) is 16.4. The van der Waals surface area contributed by atoms with Crippen molar-refractivity contribution in [1.29, 1.82) is 0 Å². The van der Waals surface area contributed by atoms with Crippen LogP contribution in [0.5, 0.6) is 0 Å². The number of rotatable bonds is 6. The van der Waals surface area contributed by atoms with Crippen LogP contribution >= 0.6 is 0 Å². The van der Waals surface area contributed by atoms with Crippen LogP contribution in [0.2, 0.25) is 0 Å². The van der Waals surface area contributed by atoms with Gasteiger partial charge in [0, 0.05) is 43.9 Å². The maximum absolute atomic E-state index is 12.4. The summed E-state index contributed by atoms with van der Waals surface area (Å²) < 4.78 is 5.39. The van der Waals surface area contributed by atoms with E-state index in [4.69, 9.17) is 4.74 Å². The molecule has 2 aromatic rings. The predicted molar refractivity (Wildman–Crippen MR) is 108 cm³/mol. The third-order valence-corrected chi connectivity index (χ3v) is 4.92. The first-order chi connectivity index (χ1) is 14.6. The monoisotopic (exact) mass is 414 g/mol. The number of nitrogens with one attached hydrogen (secondary N) is 2. The minimum atomic E-state index is -0.516. The molecule has 1 aromatic heterocycles. The van der Waals surface area contributed by atoms with Gasteiger partial charge in [-0.25, -0.2) is 0 Å². The van der Waals surface area contributed by atoms with Crippen LogP contribution in [0.15, 0.2) is 24.3 Å². The number of nitro groups is 1. The Balaban J connectivity index is 1.49. The van der Waals surface area contributed by atoms with E-state index in [9.17, 15) is 14.9 Å². The van der Waals surface area contributed by atoms with Gasteiger partial charge in [0.15, 0.2) is 0 Å². The number of hydrazine groups is 1. The largest absolute Gasteiger partial charge is 0.378 e. The molecule has 2 aliphatic heterocycles. The molecule has 2 aliphatic rings.